The first kappa shape index (κ1) is 33.0. The summed E-state index contributed by atoms with van der Waals surface area (Å²) in [6.45, 7) is 4.91. The Morgan fingerprint density at radius 1 is 0.756 bits per heavy atom. The quantitative estimate of drug-likeness (QED) is 0.212. The first-order valence-corrected chi connectivity index (χ1v) is 13.9. The maximum Gasteiger partial charge on any atom is 0.408 e. The molecule has 222 valence electrons. The van der Waals surface area contributed by atoms with E-state index in [4.69, 9.17) is 4.74 Å². The molecule has 0 aliphatic heterocycles. The molecule has 0 aromatic heterocycles. The van der Waals surface area contributed by atoms with E-state index in [0.29, 0.717) is 6.42 Å². The average Bonchev–Trinajstić information content (AvgIpc) is 2.94. The maximum atomic E-state index is 12.9. The van der Waals surface area contributed by atoms with Crippen molar-refractivity contribution in [2.45, 2.75) is 84.0 Å². The molecule has 0 heterocycles. The van der Waals surface area contributed by atoms with E-state index in [9.17, 15) is 29.1 Å². The van der Waals surface area contributed by atoms with Crippen molar-refractivity contribution in [1.29, 1.82) is 0 Å². The Morgan fingerprint density at radius 3 is 1.95 bits per heavy atom. The van der Waals surface area contributed by atoms with Crippen molar-refractivity contribution in [1.82, 2.24) is 16.0 Å². The third kappa shape index (κ3) is 12.7. The van der Waals surface area contributed by atoms with Gasteiger partial charge in [0.05, 0.1) is 12.5 Å². The predicted molar refractivity (Wildman–Crippen MR) is 154 cm³/mol. The molecule has 1 unspecified atom stereocenters. The molecule has 2 aromatic carbocycles. The molecule has 41 heavy (non-hydrogen) atoms. The van der Waals surface area contributed by atoms with Crippen molar-refractivity contribution in [2.75, 3.05) is 0 Å². The Labute approximate surface area is 241 Å². The van der Waals surface area contributed by atoms with E-state index in [1.807, 2.05) is 48.5 Å². The molecular formula is C31H41N3O7. The van der Waals surface area contributed by atoms with Gasteiger partial charge >= 0.3 is 12.1 Å². The molecular weight excluding hydrogens is 526 g/mol. The molecule has 0 fully saturated rings. The standard InChI is InChI=1S/C31H41N3O7/c1-21(2)28(34-31(40)41-20-24-16-10-5-11-17-24)30(39)32-22(3)29(38)33-25(19-27(36)37)26(35)18-12-6-9-15-23-13-7-4-8-14-23/h4-5,7-8,10-11,13-14,16-17,21-22,25,28H,6,9,12,15,18-20H2,1-3H3,(H,32,39)(H,33,38)(H,34,40)(H,36,37)/t22-,25?,28-/m0/s1. The summed E-state index contributed by atoms with van der Waals surface area (Å²) in [5.74, 6) is -3.22. The molecule has 10 heteroatoms. The predicted octanol–water partition coefficient (Wildman–Crippen LogP) is 3.77. The summed E-state index contributed by atoms with van der Waals surface area (Å²) in [5.41, 5.74) is 2.00. The van der Waals surface area contributed by atoms with Gasteiger partial charge in [0.1, 0.15) is 18.7 Å². The number of Topliss-reactive ketones (excluding diaryl/α,β-unsaturated/α-hetero) is 1. The Morgan fingerprint density at radius 2 is 1.37 bits per heavy atom. The monoisotopic (exact) mass is 567 g/mol. The summed E-state index contributed by atoms with van der Waals surface area (Å²) in [7, 11) is 0. The summed E-state index contributed by atoms with van der Waals surface area (Å²) in [5, 5.41) is 16.8. The summed E-state index contributed by atoms with van der Waals surface area (Å²) in [6.07, 6.45) is 1.94. The smallest absolute Gasteiger partial charge is 0.408 e. The van der Waals surface area contributed by atoms with Crippen LogP contribution in [0.2, 0.25) is 0 Å². The lowest BCUT2D eigenvalue weighted by molar-refractivity contribution is -0.140. The van der Waals surface area contributed by atoms with Crippen LogP contribution in [0.15, 0.2) is 60.7 Å². The Kier molecular flexibility index (Phi) is 14.1. The van der Waals surface area contributed by atoms with E-state index < -0.39 is 48.4 Å². The number of aryl methyl sites for hydroxylation is 1. The van der Waals surface area contributed by atoms with Crippen LogP contribution >= 0.6 is 0 Å². The number of rotatable bonds is 17. The summed E-state index contributed by atoms with van der Waals surface area (Å²) in [4.78, 5) is 62.1. The van der Waals surface area contributed by atoms with E-state index >= 15 is 0 Å². The van der Waals surface area contributed by atoms with Gasteiger partial charge in [0, 0.05) is 6.42 Å². The minimum Gasteiger partial charge on any atom is -0.481 e. The summed E-state index contributed by atoms with van der Waals surface area (Å²) < 4.78 is 5.19. The zero-order valence-corrected chi connectivity index (χ0v) is 23.9. The van der Waals surface area contributed by atoms with E-state index in [0.717, 1.165) is 24.8 Å². The first-order valence-electron chi connectivity index (χ1n) is 13.9. The number of aliphatic carboxylic acids is 1. The molecule has 2 rings (SSSR count). The molecule has 3 atom stereocenters. The van der Waals surface area contributed by atoms with Gasteiger partial charge < -0.3 is 25.8 Å². The van der Waals surface area contributed by atoms with Gasteiger partial charge in [0.25, 0.3) is 0 Å². The van der Waals surface area contributed by atoms with Gasteiger partial charge in [-0.15, -0.1) is 0 Å². The van der Waals surface area contributed by atoms with E-state index in [1.165, 1.54) is 12.5 Å². The molecule has 0 saturated heterocycles. The summed E-state index contributed by atoms with van der Waals surface area (Å²) >= 11 is 0. The SMILES string of the molecule is CC(C)[C@H](NC(=O)OCc1ccccc1)C(=O)N[C@@H](C)C(=O)NC(CC(=O)O)C(=O)CCCCCc1ccccc1. The molecule has 3 amide bonds. The first-order chi connectivity index (χ1) is 19.6. The van der Waals surface area contributed by atoms with Gasteiger partial charge in [0.2, 0.25) is 11.8 Å². The Balaban J connectivity index is 1.84. The van der Waals surface area contributed by atoms with Crippen LogP contribution in [0.3, 0.4) is 0 Å². The van der Waals surface area contributed by atoms with Crippen LogP contribution in [0.25, 0.3) is 0 Å². The third-order valence-corrected chi connectivity index (χ3v) is 6.50. The number of carboxylic acid groups (broad SMARTS) is 1. The lowest BCUT2D eigenvalue weighted by Gasteiger charge is -2.24. The molecule has 0 aliphatic carbocycles. The molecule has 0 radical (unpaired) electrons. The number of hydrogen-bond acceptors (Lipinski definition) is 6. The van der Waals surface area contributed by atoms with Crippen LogP contribution in [0.1, 0.15) is 64.0 Å². The zero-order valence-electron chi connectivity index (χ0n) is 23.9. The molecule has 4 N–H and O–H groups in total. The third-order valence-electron chi connectivity index (χ3n) is 6.50. The highest BCUT2D eigenvalue weighted by atomic mass is 16.5. The maximum absolute atomic E-state index is 12.9. The summed E-state index contributed by atoms with van der Waals surface area (Å²) in [6, 6.07) is 15.8. The Hall–Kier alpha value is -4.21. The largest absolute Gasteiger partial charge is 0.481 e. The minimum absolute atomic E-state index is 0.0317. The normalized spacial score (nSPS) is 13.0. The number of benzene rings is 2. The molecule has 0 saturated carbocycles. The van der Waals surface area contributed by atoms with Crippen molar-refractivity contribution in [3.05, 3.63) is 71.8 Å². The topological polar surface area (TPSA) is 151 Å². The number of ketones is 1. The second kappa shape index (κ2) is 17.5. The fourth-order valence-corrected chi connectivity index (χ4v) is 4.14. The number of alkyl carbamates (subject to hydrolysis) is 1. The van der Waals surface area contributed by atoms with Crippen LogP contribution in [0, 0.1) is 5.92 Å². The van der Waals surface area contributed by atoms with Crippen molar-refractivity contribution in [2.24, 2.45) is 5.92 Å². The van der Waals surface area contributed by atoms with E-state index in [1.54, 1.807) is 26.0 Å². The fraction of sp³-hybridized carbons (Fsp3) is 0.452. The van der Waals surface area contributed by atoms with Crippen LogP contribution in [-0.4, -0.2) is 52.9 Å². The molecule has 0 spiro atoms. The van der Waals surface area contributed by atoms with Gasteiger partial charge in [-0.3, -0.25) is 19.2 Å². The van der Waals surface area contributed by atoms with E-state index in [2.05, 4.69) is 16.0 Å². The van der Waals surface area contributed by atoms with Gasteiger partial charge in [-0.25, -0.2) is 4.79 Å². The molecule has 0 aliphatic rings. The lowest BCUT2D eigenvalue weighted by atomic mass is 10.0. The fourth-order valence-electron chi connectivity index (χ4n) is 4.14. The van der Waals surface area contributed by atoms with Crippen LogP contribution < -0.4 is 16.0 Å². The van der Waals surface area contributed by atoms with Gasteiger partial charge in [-0.2, -0.15) is 0 Å². The van der Waals surface area contributed by atoms with Gasteiger partial charge in [-0.1, -0.05) is 80.9 Å². The Bertz CT molecular complexity index is 1140. The molecule has 2 aromatic rings. The second-order valence-electron chi connectivity index (χ2n) is 10.3. The number of ether oxygens (including phenoxy) is 1. The number of carbonyl (C=O) groups excluding carboxylic acids is 4. The highest BCUT2D eigenvalue weighted by molar-refractivity contribution is 5.95. The molecule has 10 nitrogen and oxygen atoms in total. The van der Waals surface area contributed by atoms with Crippen molar-refractivity contribution >= 4 is 29.7 Å². The highest BCUT2D eigenvalue weighted by Crippen LogP contribution is 2.10. The van der Waals surface area contributed by atoms with Crippen molar-refractivity contribution in [3.63, 3.8) is 0 Å². The van der Waals surface area contributed by atoms with Crippen molar-refractivity contribution < 1.29 is 33.8 Å². The minimum atomic E-state index is -1.22. The number of hydrogen-bond donors (Lipinski definition) is 4. The zero-order chi connectivity index (χ0) is 30.2. The number of amides is 3. The van der Waals surface area contributed by atoms with Crippen LogP contribution in [0.5, 0.6) is 0 Å². The number of carboxylic acids is 1. The van der Waals surface area contributed by atoms with Crippen molar-refractivity contribution in [3.8, 4) is 0 Å². The number of unbranched alkanes of at least 4 members (excludes halogenated alkanes) is 2. The number of carbonyl (C=O) groups is 5. The molecule has 0 bridgehead atoms. The van der Waals surface area contributed by atoms with Gasteiger partial charge in [-0.05, 0) is 43.2 Å². The average molecular weight is 568 g/mol. The van der Waals surface area contributed by atoms with Gasteiger partial charge in [0.15, 0.2) is 5.78 Å². The van der Waals surface area contributed by atoms with E-state index in [-0.39, 0.29) is 24.7 Å². The highest BCUT2D eigenvalue weighted by Gasteiger charge is 2.30. The second-order valence-corrected chi connectivity index (χ2v) is 10.3. The lowest BCUT2D eigenvalue weighted by Crippen LogP contribution is -2.56. The van der Waals surface area contributed by atoms with Crippen LogP contribution in [0.4, 0.5) is 4.79 Å². The van der Waals surface area contributed by atoms with Crippen LogP contribution in [-0.2, 0) is 36.9 Å². The number of nitrogens with one attached hydrogen (secondary N) is 3.